The molecule has 0 atom stereocenters. The van der Waals surface area contributed by atoms with Crippen LogP contribution in [0, 0.1) is 0 Å². The van der Waals surface area contributed by atoms with Crippen molar-refractivity contribution in [3.8, 4) is 22.6 Å². The molecule has 39 heavy (non-hydrogen) atoms. The van der Waals surface area contributed by atoms with Crippen LogP contribution in [0.1, 0.15) is 38.3 Å². The molecule has 0 aliphatic carbocycles. The number of ether oxygens (including phenoxy) is 2. The van der Waals surface area contributed by atoms with Crippen molar-refractivity contribution in [3.05, 3.63) is 118 Å². The molecule has 6 nitrogen and oxygen atoms in total. The highest BCUT2D eigenvalue weighted by Gasteiger charge is 2.22. The average Bonchev–Trinajstić information content (AvgIpc) is 2.97. The Morgan fingerprint density at radius 1 is 0.795 bits per heavy atom. The van der Waals surface area contributed by atoms with E-state index in [-0.39, 0.29) is 16.5 Å². The van der Waals surface area contributed by atoms with Gasteiger partial charge < -0.3 is 19.5 Å². The molecule has 0 radical (unpaired) electrons. The summed E-state index contributed by atoms with van der Waals surface area (Å²) in [4.78, 5) is 27.2. The van der Waals surface area contributed by atoms with Crippen molar-refractivity contribution in [1.82, 2.24) is 4.90 Å². The molecule has 0 saturated heterocycles. The van der Waals surface area contributed by atoms with Gasteiger partial charge in [-0.1, -0.05) is 84.4 Å². The highest BCUT2D eigenvalue weighted by Crippen LogP contribution is 2.34. The van der Waals surface area contributed by atoms with Crippen LogP contribution in [0.4, 0.5) is 0 Å². The number of methoxy groups -OCH3 is 2. The summed E-state index contributed by atoms with van der Waals surface area (Å²) in [6.07, 6.45) is 1.60. The number of benzene rings is 4. The molecule has 0 aliphatic rings. The third-order valence-corrected chi connectivity index (χ3v) is 6.84. The highest BCUT2D eigenvalue weighted by atomic mass is 35.5. The summed E-state index contributed by atoms with van der Waals surface area (Å²) in [5.41, 5.74) is 4.13. The molecule has 7 heteroatoms. The summed E-state index contributed by atoms with van der Waals surface area (Å²) < 4.78 is 10.7. The van der Waals surface area contributed by atoms with E-state index < -0.39 is 5.97 Å². The van der Waals surface area contributed by atoms with Crippen molar-refractivity contribution in [2.75, 3.05) is 20.8 Å². The van der Waals surface area contributed by atoms with Gasteiger partial charge in [-0.3, -0.25) is 4.79 Å². The minimum Gasteiger partial charge on any atom is -0.493 e. The smallest absolute Gasteiger partial charge is 0.336 e. The number of amides is 1. The van der Waals surface area contributed by atoms with Crippen LogP contribution >= 0.6 is 11.6 Å². The van der Waals surface area contributed by atoms with Crippen LogP contribution in [0.5, 0.6) is 11.5 Å². The second-order valence-corrected chi connectivity index (χ2v) is 9.46. The van der Waals surface area contributed by atoms with Crippen molar-refractivity contribution < 1.29 is 24.2 Å². The highest BCUT2D eigenvalue weighted by molar-refractivity contribution is 6.34. The second-order valence-electron chi connectivity index (χ2n) is 9.05. The topological polar surface area (TPSA) is 76.1 Å². The SMILES string of the molecule is COc1cc(Cl)c(C(=O)N(CCCc2ccccc2)Cc2ccc(-c3ccccc3C(=O)O)cc2)cc1OC. The molecule has 0 aliphatic heterocycles. The number of rotatable bonds is 11. The summed E-state index contributed by atoms with van der Waals surface area (Å²) in [7, 11) is 3.03. The number of aromatic carboxylic acids is 1. The Morgan fingerprint density at radius 3 is 2.10 bits per heavy atom. The Kier molecular flexibility index (Phi) is 9.23. The summed E-state index contributed by atoms with van der Waals surface area (Å²) in [5, 5.41) is 9.84. The Morgan fingerprint density at radius 2 is 1.44 bits per heavy atom. The van der Waals surface area contributed by atoms with Gasteiger partial charge in [-0.05, 0) is 47.2 Å². The van der Waals surface area contributed by atoms with E-state index in [9.17, 15) is 14.7 Å². The van der Waals surface area contributed by atoms with Crippen LogP contribution in [-0.4, -0.2) is 42.6 Å². The maximum Gasteiger partial charge on any atom is 0.336 e. The fourth-order valence-corrected chi connectivity index (χ4v) is 4.73. The van der Waals surface area contributed by atoms with E-state index in [2.05, 4.69) is 12.1 Å². The predicted molar refractivity (Wildman–Crippen MR) is 153 cm³/mol. The molecular weight excluding hydrogens is 514 g/mol. The number of hydrogen-bond donors (Lipinski definition) is 1. The van der Waals surface area contributed by atoms with Crippen molar-refractivity contribution in [1.29, 1.82) is 0 Å². The average molecular weight is 544 g/mol. The van der Waals surface area contributed by atoms with Gasteiger partial charge in [-0.15, -0.1) is 0 Å². The number of halogens is 1. The fourth-order valence-electron chi connectivity index (χ4n) is 4.49. The zero-order valence-electron chi connectivity index (χ0n) is 21.9. The van der Waals surface area contributed by atoms with Crippen LogP contribution in [0.2, 0.25) is 5.02 Å². The predicted octanol–water partition coefficient (Wildman–Crippen LogP) is 7.00. The van der Waals surface area contributed by atoms with Crippen LogP contribution in [0.3, 0.4) is 0 Å². The second kappa shape index (κ2) is 13.0. The quantitative estimate of drug-likeness (QED) is 0.220. The van der Waals surface area contributed by atoms with Gasteiger partial charge >= 0.3 is 5.97 Å². The van der Waals surface area contributed by atoms with E-state index in [1.807, 2.05) is 48.5 Å². The van der Waals surface area contributed by atoms with Gasteiger partial charge in [0.25, 0.3) is 5.91 Å². The van der Waals surface area contributed by atoms with Crippen molar-refractivity contribution in [2.24, 2.45) is 0 Å². The number of aryl methyl sites for hydroxylation is 1. The normalized spacial score (nSPS) is 10.6. The van der Waals surface area contributed by atoms with E-state index >= 15 is 0 Å². The Hall–Kier alpha value is -4.29. The van der Waals surface area contributed by atoms with Gasteiger partial charge in [0.1, 0.15) is 0 Å². The summed E-state index contributed by atoms with van der Waals surface area (Å²) in [6, 6.07) is 27.8. The minimum absolute atomic E-state index is 0.214. The van der Waals surface area contributed by atoms with Crippen LogP contribution < -0.4 is 9.47 Å². The van der Waals surface area contributed by atoms with Gasteiger partial charge in [0.2, 0.25) is 0 Å². The Labute approximate surface area is 233 Å². The number of carbonyl (C=O) groups excluding carboxylic acids is 1. The van der Waals surface area contributed by atoms with Crippen LogP contribution in [-0.2, 0) is 13.0 Å². The summed E-state index contributed by atoms with van der Waals surface area (Å²) >= 11 is 6.51. The lowest BCUT2D eigenvalue weighted by molar-refractivity contribution is 0.0696. The Balaban J connectivity index is 1.59. The largest absolute Gasteiger partial charge is 0.493 e. The van der Waals surface area contributed by atoms with Gasteiger partial charge in [0.15, 0.2) is 11.5 Å². The number of hydrogen-bond acceptors (Lipinski definition) is 4. The molecule has 0 aromatic heterocycles. The maximum atomic E-state index is 13.8. The monoisotopic (exact) mass is 543 g/mol. The lowest BCUT2D eigenvalue weighted by Crippen LogP contribution is -2.32. The summed E-state index contributed by atoms with van der Waals surface area (Å²) in [5.74, 6) is -0.311. The molecule has 0 unspecified atom stereocenters. The molecule has 0 bridgehead atoms. The maximum absolute atomic E-state index is 13.8. The lowest BCUT2D eigenvalue weighted by atomic mass is 9.98. The third kappa shape index (κ3) is 6.78. The molecule has 0 spiro atoms. The van der Waals surface area contributed by atoms with Gasteiger partial charge in [-0.25, -0.2) is 4.79 Å². The number of carboxylic acids is 1. The molecule has 0 fully saturated rings. The zero-order valence-corrected chi connectivity index (χ0v) is 22.6. The van der Waals surface area contributed by atoms with Crippen LogP contribution in [0.25, 0.3) is 11.1 Å². The lowest BCUT2D eigenvalue weighted by Gasteiger charge is -2.24. The molecule has 4 rings (SSSR count). The first-order valence-corrected chi connectivity index (χ1v) is 13.0. The molecule has 4 aromatic rings. The Bertz CT molecular complexity index is 1440. The van der Waals surface area contributed by atoms with Crippen molar-refractivity contribution in [3.63, 3.8) is 0 Å². The minimum atomic E-state index is -0.975. The van der Waals surface area contributed by atoms with E-state index in [1.165, 1.54) is 19.8 Å². The van der Waals surface area contributed by atoms with Crippen molar-refractivity contribution in [2.45, 2.75) is 19.4 Å². The molecule has 0 heterocycles. The van der Waals surface area contributed by atoms with Gasteiger partial charge in [-0.2, -0.15) is 0 Å². The molecule has 4 aromatic carbocycles. The van der Waals surface area contributed by atoms with E-state index in [0.717, 1.165) is 24.0 Å². The molecule has 1 N–H and O–H groups in total. The zero-order chi connectivity index (χ0) is 27.8. The van der Waals surface area contributed by atoms with Gasteiger partial charge in [0, 0.05) is 19.2 Å². The first-order valence-electron chi connectivity index (χ1n) is 12.6. The molecule has 1 amide bonds. The van der Waals surface area contributed by atoms with E-state index in [1.54, 1.807) is 35.2 Å². The number of nitrogens with zero attached hydrogens (tertiary/aromatic N) is 1. The first kappa shape index (κ1) is 27.7. The third-order valence-electron chi connectivity index (χ3n) is 6.52. The fraction of sp³-hybridized carbons (Fsp3) is 0.188. The van der Waals surface area contributed by atoms with Crippen molar-refractivity contribution >= 4 is 23.5 Å². The number of carbonyl (C=O) groups is 2. The van der Waals surface area contributed by atoms with E-state index in [0.29, 0.717) is 35.7 Å². The standard InChI is InChI=1S/C32H30ClNO5/c1-38-29-19-27(28(33)20-30(29)39-2)31(35)34(18-8-11-22-9-4-3-5-10-22)21-23-14-16-24(17-15-23)25-12-6-7-13-26(25)32(36)37/h3-7,9-10,12-17,19-20H,8,11,18,21H2,1-2H3,(H,36,37). The number of carboxylic acid groups (broad SMARTS) is 1. The first-order chi connectivity index (χ1) is 18.9. The summed E-state index contributed by atoms with van der Waals surface area (Å²) in [6.45, 7) is 0.876. The molecule has 200 valence electrons. The van der Waals surface area contributed by atoms with Gasteiger partial charge in [0.05, 0.1) is 30.4 Å². The molecular formula is C32H30ClNO5. The molecule has 0 saturated carbocycles. The van der Waals surface area contributed by atoms with E-state index in [4.69, 9.17) is 21.1 Å². The van der Waals surface area contributed by atoms with Crippen LogP contribution in [0.15, 0.2) is 91.0 Å².